The van der Waals surface area contributed by atoms with Crippen LogP contribution in [0.2, 0.25) is 0 Å². The Labute approximate surface area is 122 Å². The van der Waals surface area contributed by atoms with E-state index >= 15 is 0 Å². The zero-order valence-corrected chi connectivity index (χ0v) is 11.9. The zero-order chi connectivity index (χ0) is 15.6. The van der Waals surface area contributed by atoms with Crippen molar-refractivity contribution in [1.29, 1.82) is 0 Å². The van der Waals surface area contributed by atoms with Crippen molar-refractivity contribution in [3.05, 3.63) is 53.3 Å². The van der Waals surface area contributed by atoms with Crippen LogP contribution < -0.4 is 10.6 Å². The van der Waals surface area contributed by atoms with E-state index in [1.807, 2.05) is 13.8 Å². The molecule has 4 nitrogen and oxygen atoms in total. The fourth-order valence-electron chi connectivity index (χ4n) is 2.19. The first-order valence-electron chi connectivity index (χ1n) is 6.60. The Morgan fingerprint density at radius 1 is 1.29 bits per heavy atom. The lowest BCUT2D eigenvalue weighted by molar-refractivity contribution is 0.0989. The quantitative estimate of drug-likeness (QED) is 0.853. The maximum Gasteiger partial charge on any atom is 0.260 e. The molecular formula is C16H17FN2O2. The first-order valence-corrected chi connectivity index (χ1v) is 6.60. The molecular weight excluding hydrogens is 271 g/mol. The summed E-state index contributed by atoms with van der Waals surface area (Å²) in [6.07, 6.45) is 0. The summed E-state index contributed by atoms with van der Waals surface area (Å²) in [4.78, 5) is 14.1. The summed E-state index contributed by atoms with van der Waals surface area (Å²) in [5.74, 6) is -0.738. The second kappa shape index (κ2) is 5.83. The second-order valence-corrected chi connectivity index (χ2v) is 4.75. The van der Waals surface area contributed by atoms with Crippen LogP contribution in [0.4, 0.5) is 15.8 Å². The van der Waals surface area contributed by atoms with Crippen molar-refractivity contribution in [3.63, 3.8) is 0 Å². The van der Waals surface area contributed by atoms with Gasteiger partial charge in [0.25, 0.3) is 5.91 Å². The Kier molecular flexibility index (Phi) is 4.12. The Bertz CT molecular complexity index is 686. The number of hydrogen-bond acceptors (Lipinski definition) is 3. The molecule has 2 rings (SSSR count). The highest BCUT2D eigenvalue weighted by Crippen LogP contribution is 2.27. The largest absolute Gasteiger partial charge is 0.508 e. The van der Waals surface area contributed by atoms with Gasteiger partial charge in [-0.2, -0.15) is 0 Å². The molecule has 0 saturated carbocycles. The van der Waals surface area contributed by atoms with Crippen molar-refractivity contribution < 1.29 is 14.3 Å². The van der Waals surface area contributed by atoms with Gasteiger partial charge in [0, 0.05) is 18.3 Å². The number of carbonyl (C=O) groups excluding carboxylic acids is 1. The predicted octanol–water partition coefficient (Wildman–Crippen LogP) is 3.09. The molecule has 0 aromatic heterocycles. The number of anilines is 2. The van der Waals surface area contributed by atoms with Crippen LogP contribution in [-0.2, 0) is 0 Å². The normalized spacial score (nSPS) is 10.4. The van der Waals surface area contributed by atoms with Crippen LogP contribution in [0.15, 0.2) is 36.4 Å². The average molecular weight is 288 g/mol. The molecule has 0 bridgehead atoms. The standard InChI is InChI=1S/C16H17FN2O2/c1-3-19(15-9-12(20)6-4-10(15)2)16(21)13-7-5-11(17)8-14(13)18/h4-9,20H,3,18H2,1-2H3. The number of rotatable bonds is 3. The molecule has 0 atom stereocenters. The molecule has 0 aliphatic rings. The van der Waals surface area contributed by atoms with Gasteiger partial charge in [-0.3, -0.25) is 4.79 Å². The minimum Gasteiger partial charge on any atom is -0.508 e. The van der Waals surface area contributed by atoms with Crippen molar-refractivity contribution in [1.82, 2.24) is 0 Å². The Hall–Kier alpha value is -2.56. The van der Waals surface area contributed by atoms with Crippen LogP contribution in [0, 0.1) is 12.7 Å². The molecule has 2 aromatic rings. The molecule has 0 aliphatic heterocycles. The summed E-state index contributed by atoms with van der Waals surface area (Å²) >= 11 is 0. The molecule has 5 heteroatoms. The van der Waals surface area contributed by atoms with Crippen LogP contribution in [0.1, 0.15) is 22.8 Å². The number of halogens is 1. The number of phenolic OH excluding ortho intramolecular Hbond substituents is 1. The fraction of sp³-hybridized carbons (Fsp3) is 0.188. The van der Waals surface area contributed by atoms with Gasteiger partial charge in [0.1, 0.15) is 11.6 Å². The van der Waals surface area contributed by atoms with Crippen molar-refractivity contribution >= 4 is 17.3 Å². The van der Waals surface area contributed by atoms with Gasteiger partial charge in [-0.25, -0.2) is 4.39 Å². The van der Waals surface area contributed by atoms with Crippen LogP contribution in [0.5, 0.6) is 5.75 Å². The van der Waals surface area contributed by atoms with E-state index in [1.54, 1.807) is 12.1 Å². The van der Waals surface area contributed by atoms with E-state index in [4.69, 9.17) is 5.73 Å². The summed E-state index contributed by atoms with van der Waals surface area (Å²) in [5.41, 5.74) is 7.51. The third-order valence-corrected chi connectivity index (χ3v) is 3.29. The third kappa shape index (κ3) is 2.97. The van der Waals surface area contributed by atoms with E-state index in [2.05, 4.69) is 0 Å². The molecule has 1 amide bonds. The Morgan fingerprint density at radius 3 is 2.62 bits per heavy atom. The smallest absolute Gasteiger partial charge is 0.260 e. The summed E-state index contributed by atoms with van der Waals surface area (Å²) in [6.45, 7) is 4.07. The number of benzene rings is 2. The highest BCUT2D eigenvalue weighted by Gasteiger charge is 2.20. The Balaban J connectivity index is 2.45. The first-order chi connectivity index (χ1) is 9.93. The zero-order valence-electron chi connectivity index (χ0n) is 11.9. The van der Waals surface area contributed by atoms with Gasteiger partial charge in [0.2, 0.25) is 0 Å². The van der Waals surface area contributed by atoms with Crippen LogP contribution in [-0.4, -0.2) is 17.6 Å². The molecule has 2 aromatic carbocycles. The van der Waals surface area contributed by atoms with E-state index in [0.29, 0.717) is 12.2 Å². The van der Waals surface area contributed by atoms with Crippen molar-refractivity contribution in [2.75, 3.05) is 17.2 Å². The van der Waals surface area contributed by atoms with Crippen LogP contribution in [0.25, 0.3) is 0 Å². The van der Waals surface area contributed by atoms with E-state index in [1.165, 1.54) is 23.1 Å². The van der Waals surface area contributed by atoms with Gasteiger partial charge in [-0.15, -0.1) is 0 Å². The molecule has 0 radical (unpaired) electrons. The predicted molar refractivity (Wildman–Crippen MR) is 81.0 cm³/mol. The monoisotopic (exact) mass is 288 g/mol. The number of nitrogens with two attached hydrogens (primary N) is 1. The number of amides is 1. The molecule has 3 N–H and O–H groups in total. The highest BCUT2D eigenvalue weighted by molar-refractivity contribution is 6.09. The lowest BCUT2D eigenvalue weighted by Gasteiger charge is -2.23. The molecule has 110 valence electrons. The summed E-state index contributed by atoms with van der Waals surface area (Å²) in [7, 11) is 0. The van der Waals surface area contributed by atoms with Gasteiger partial charge in [0.05, 0.1) is 11.3 Å². The minimum absolute atomic E-state index is 0.0777. The molecule has 21 heavy (non-hydrogen) atoms. The number of hydrogen-bond donors (Lipinski definition) is 2. The molecule has 0 heterocycles. The maximum atomic E-state index is 13.1. The van der Waals surface area contributed by atoms with E-state index < -0.39 is 5.82 Å². The van der Waals surface area contributed by atoms with Crippen molar-refractivity contribution in [2.45, 2.75) is 13.8 Å². The van der Waals surface area contributed by atoms with Gasteiger partial charge >= 0.3 is 0 Å². The highest BCUT2D eigenvalue weighted by atomic mass is 19.1. The fourth-order valence-corrected chi connectivity index (χ4v) is 2.19. The SMILES string of the molecule is CCN(C(=O)c1ccc(F)cc1N)c1cc(O)ccc1C. The Morgan fingerprint density at radius 2 is 2.00 bits per heavy atom. The molecule has 0 fully saturated rings. The number of nitrogen functional groups attached to an aromatic ring is 1. The average Bonchev–Trinajstić information content (AvgIpc) is 2.43. The van der Waals surface area contributed by atoms with E-state index in [-0.39, 0.29) is 22.9 Å². The molecule has 0 spiro atoms. The second-order valence-electron chi connectivity index (χ2n) is 4.75. The molecule has 0 saturated heterocycles. The van der Waals surface area contributed by atoms with Crippen LogP contribution in [0.3, 0.4) is 0 Å². The molecule has 0 unspecified atom stereocenters. The maximum absolute atomic E-state index is 13.1. The summed E-state index contributed by atoms with van der Waals surface area (Å²) in [5, 5.41) is 9.61. The van der Waals surface area contributed by atoms with Crippen molar-refractivity contribution in [2.24, 2.45) is 0 Å². The minimum atomic E-state index is -0.486. The lowest BCUT2D eigenvalue weighted by atomic mass is 10.1. The van der Waals surface area contributed by atoms with Gasteiger partial charge in [-0.05, 0) is 43.7 Å². The topological polar surface area (TPSA) is 66.6 Å². The number of aromatic hydroxyl groups is 1. The number of phenols is 1. The van der Waals surface area contributed by atoms with Crippen molar-refractivity contribution in [3.8, 4) is 5.75 Å². The number of nitrogens with zero attached hydrogens (tertiary/aromatic N) is 1. The van der Waals surface area contributed by atoms with Crippen LogP contribution >= 0.6 is 0 Å². The van der Waals surface area contributed by atoms with Gasteiger partial charge < -0.3 is 15.7 Å². The lowest BCUT2D eigenvalue weighted by Crippen LogP contribution is -2.31. The number of carbonyl (C=O) groups is 1. The first kappa shape index (κ1) is 14.8. The molecule has 0 aliphatic carbocycles. The van der Waals surface area contributed by atoms with Gasteiger partial charge in [0.15, 0.2) is 0 Å². The number of aryl methyl sites for hydroxylation is 1. The third-order valence-electron chi connectivity index (χ3n) is 3.29. The van der Waals surface area contributed by atoms with E-state index in [9.17, 15) is 14.3 Å². The van der Waals surface area contributed by atoms with E-state index in [0.717, 1.165) is 11.6 Å². The summed E-state index contributed by atoms with van der Waals surface area (Å²) < 4.78 is 13.1. The summed E-state index contributed by atoms with van der Waals surface area (Å²) in [6, 6.07) is 8.51. The van der Waals surface area contributed by atoms with Gasteiger partial charge in [-0.1, -0.05) is 6.07 Å².